The van der Waals surface area contributed by atoms with Crippen LogP contribution in [0.3, 0.4) is 0 Å². The fraction of sp³-hybridized carbons (Fsp3) is 0.300. The van der Waals surface area contributed by atoms with Gasteiger partial charge in [0.25, 0.3) is 5.91 Å². The van der Waals surface area contributed by atoms with E-state index in [1.54, 1.807) is 6.92 Å². The highest BCUT2D eigenvalue weighted by Gasteiger charge is 2.36. The molecule has 1 atom stereocenters. The summed E-state index contributed by atoms with van der Waals surface area (Å²) in [5.74, 6) is -2.30. The van der Waals surface area contributed by atoms with Gasteiger partial charge in [0.1, 0.15) is 6.61 Å². The number of carbonyl (C=O) groups excluding carboxylic acids is 2. The van der Waals surface area contributed by atoms with Crippen molar-refractivity contribution >= 4 is 11.9 Å². The Hall–Kier alpha value is -3.04. The van der Waals surface area contributed by atoms with Crippen molar-refractivity contribution in [2.75, 3.05) is 6.61 Å². The fourth-order valence-corrected chi connectivity index (χ4v) is 2.62. The Morgan fingerprint density at radius 2 is 1.33 bits per heavy atom. The van der Waals surface area contributed by atoms with E-state index in [-0.39, 0.29) is 6.42 Å². The van der Waals surface area contributed by atoms with E-state index in [1.165, 1.54) is 12.1 Å². The second-order valence-corrected chi connectivity index (χ2v) is 6.26. The number of carbonyl (C=O) groups is 2. The van der Waals surface area contributed by atoms with Gasteiger partial charge in [0.15, 0.2) is 0 Å². The Morgan fingerprint density at radius 3 is 1.83 bits per heavy atom. The Morgan fingerprint density at radius 1 is 0.867 bits per heavy atom. The number of hydrogen-bond acceptors (Lipinski definition) is 3. The summed E-state index contributed by atoms with van der Waals surface area (Å²) in [5.41, 5.74) is -3.62. The van der Waals surface area contributed by atoms with Crippen LogP contribution in [-0.2, 0) is 17.1 Å². The molecule has 10 heteroatoms. The number of benzene rings is 2. The van der Waals surface area contributed by atoms with Crippen molar-refractivity contribution in [2.45, 2.75) is 31.7 Å². The number of hydrogen-bond donors (Lipinski definition) is 1. The average molecular weight is 433 g/mol. The maximum absolute atomic E-state index is 13.1. The van der Waals surface area contributed by atoms with Gasteiger partial charge in [-0.15, -0.1) is 0 Å². The molecule has 0 aliphatic carbocycles. The molecule has 0 heterocycles. The summed E-state index contributed by atoms with van der Waals surface area (Å²) in [6, 6.07) is 7.27. The summed E-state index contributed by atoms with van der Waals surface area (Å²) in [7, 11) is 0. The minimum Gasteiger partial charge on any atom is -0.460 e. The largest absolute Gasteiger partial charge is 0.460 e. The van der Waals surface area contributed by atoms with Crippen LogP contribution in [-0.4, -0.2) is 24.5 Å². The van der Waals surface area contributed by atoms with Crippen molar-refractivity contribution in [1.29, 1.82) is 0 Å². The third-order valence-electron chi connectivity index (χ3n) is 4.17. The van der Waals surface area contributed by atoms with Gasteiger partial charge in [-0.2, -0.15) is 26.3 Å². The van der Waals surface area contributed by atoms with Gasteiger partial charge in [0.2, 0.25) is 0 Å². The lowest BCUT2D eigenvalue weighted by Crippen LogP contribution is -2.39. The molecule has 0 saturated heterocycles. The monoisotopic (exact) mass is 433 g/mol. The topological polar surface area (TPSA) is 55.4 Å². The van der Waals surface area contributed by atoms with Gasteiger partial charge in [-0.1, -0.05) is 31.2 Å². The van der Waals surface area contributed by atoms with E-state index < -0.39 is 59.1 Å². The molecule has 4 nitrogen and oxygen atoms in total. The van der Waals surface area contributed by atoms with Gasteiger partial charge >= 0.3 is 18.3 Å². The van der Waals surface area contributed by atoms with Crippen LogP contribution in [0.25, 0.3) is 0 Å². The van der Waals surface area contributed by atoms with Crippen molar-refractivity contribution in [1.82, 2.24) is 5.32 Å². The Kier molecular flexibility index (Phi) is 7.12. The molecular weight excluding hydrogens is 416 g/mol. The SMILES string of the molecule is CCC(COC(=O)c1ccccc1C(F)(F)F)NC(=O)c1ccccc1C(F)(F)F. The van der Waals surface area contributed by atoms with Crippen LogP contribution < -0.4 is 5.32 Å². The molecule has 2 aromatic rings. The minimum absolute atomic E-state index is 0.161. The van der Waals surface area contributed by atoms with E-state index in [2.05, 4.69) is 5.32 Å². The summed E-state index contributed by atoms with van der Waals surface area (Å²) >= 11 is 0. The standard InChI is InChI=1S/C20H17F6NO3/c1-2-12(27-17(28)13-7-3-5-9-15(13)19(21,22)23)11-30-18(29)14-8-4-6-10-16(14)20(24,25)26/h3-10,12H,2,11H2,1H3,(H,27,28). The van der Waals surface area contributed by atoms with Gasteiger partial charge < -0.3 is 10.1 Å². The zero-order chi connectivity index (χ0) is 22.5. The minimum atomic E-state index is -4.77. The van der Waals surface area contributed by atoms with E-state index in [4.69, 9.17) is 4.74 Å². The summed E-state index contributed by atoms with van der Waals surface area (Å²) in [6.07, 6.45) is -9.35. The maximum atomic E-state index is 13.1. The zero-order valence-electron chi connectivity index (χ0n) is 15.6. The number of amides is 1. The molecule has 2 aromatic carbocycles. The second-order valence-electron chi connectivity index (χ2n) is 6.26. The average Bonchev–Trinajstić information content (AvgIpc) is 2.69. The van der Waals surface area contributed by atoms with Crippen molar-refractivity contribution in [3.05, 3.63) is 70.8 Å². The molecule has 0 aromatic heterocycles. The molecule has 1 N–H and O–H groups in total. The first-order valence-corrected chi connectivity index (χ1v) is 8.75. The van der Waals surface area contributed by atoms with Gasteiger partial charge in [0.05, 0.1) is 28.3 Å². The van der Waals surface area contributed by atoms with Gasteiger partial charge in [-0.25, -0.2) is 4.79 Å². The molecule has 1 amide bonds. The van der Waals surface area contributed by atoms with E-state index in [9.17, 15) is 35.9 Å². The quantitative estimate of drug-likeness (QED) is 0.510. The lowest BCUT2D eigenvalue weighted by Gasteiger charge is -2.19. The van der Waals surface area contributed by atoms with Crippen LogP contribution >= 0.6 is 0 Å². The maximum Gasteiger partial charge on any atom is 0.417 e. The molecule has 0 spiro atoms. The van der Waals surface area contributed by atoms with Crippen LogP contribution in [0.4, 0.5) is 26.3 Å². The molecule has 1 unspecified atom stereocenters. The third kappa shape index (κ3) is 5.74. The number of alkyl halides is 6. The van der Waals surface area contributed by atoms with Crippen LogP contribution in [0.5, 0.6) is 0 Å². The molecule has 162 valence electrons. The van der Waals surface area contributed by atoms with Crippen molar-refractivity contribution in [2.24, 2.45) is 0 Å². The van der Waals surface area contributed by atoms with Gasteiger partial charge in [0, 0.05) is 0 Å². The van der Waals surface area contributed by atoms with Gasteiger partial charge in [-0.3, -0.25) is 4.79 Å². The first kappa shape index (κ1) is 23.2. The van der Waals surface area contributed by atoms with Crippen LogP contribution in [0.15, 0.2) is 48.5 Å². The highest BCUT2D eigenvalue weighted by atomic mass is 19.4. The third-order valence-corrected chi connectivity index (χ3v) is 4.17. The number of nitrogens with one attached hydrogen (secondary N) is 1. The zero-order valence-corrected chi connectivity index (χ0v) is 15.6. The molecule has 0 fully saturated rings. The van der Waals surface area contributed by atoms with Crippen LogP contribution in [0, 0.1) is 0 Å². The molecule has 0 radical (unpaired) electrons. The molecule has 0 aliphatic heterocycles. The molecule has 0 bridgehead atoms. The normalized spacial score (nSPS) is 12.9. The molecule has 2 rings (SSSR count). The van der Waals surface area contributed by atoms with E-state index in [0.29, 0.717) is 0 Å². The summed E-state index contributed by atoms with van der Waals surface area (Å²) in [4.78, 5) is 24.4. The van der Waals surface area contributed by atoms with Crippen LogP contribution in [0.2, 0.25) is 0 Å². The number of esters is 1. The summed E-state index contributed by atoms with van der Waals surface area (Å²) < 4.78 is 83.1. The smallest absolute Gasteiger partial charge is 0.417 e. The highest BCUT2D eigenvalue weighted by molar-refractivity contribution is 5.96. The van der Waals surface area contributed by atoms with Crippen molar-refractivity contribution < 1.29 is 40.7 Å². The lowest BCUT2D eigenvalue weighted by molar-refractivity contribution is -0.138. The number of rotatable bonds is 6. The summed E-state index contributed by atoms with van der Waals surface area (Å²) in [5, 5.41) is 2.31. The first-order valence-electron chi connectivity index (χ1n) is 8.75. The van der Waals surface area contributed by atoms with Crippen molar-refractivity contribution in [3.63, 3.8) is 0 Å². The Balaban J connectivity index is 2.10. The Bertz CT molecular complexity index is 908. The van der Waals surface area contributed by atoms with Gasteiger partial charge in [-0.05, 0) is 30.7 Å². The second kappa shape index (κ2) is 9.19. The predicted octanol–water partition coefficient (Wildman–Crippen LogP) is 5.09. The summed E-state index contributed by atoms with van der Waals surface area (Å²) in [6.45, 7) is 1.06. The molecular formula is C20H17F6NO3. The van der Waals surface area contributed by atoms with E-state index >= 15 is 0 Å². The lowest BCUT2D eigenvalue weighted by atomic mass is 10.1. The van der Waals surface area contributed by atoms with Crippen molar-refractivity contribution in [3.8, 4) is 0 Å². The fourth-order valence-electron chi connectivity index (χ4n) is 2.62. The van der Waals surface area contributed by atoms with E-state index in [1.807, 2.05) is 0 Å². The highest BCUT2D eigenvalue weighted by Crippen LogP contribution is 2.33. The number of ether oxygens (including phenoxy) is 1. The van der Waals surface area contributed by atoms with Crippen LogP contribution in [0.1, 0.15) is 45.2 Å². The van der Waals surface area contributed by atoms with E-state index in [0.717, 1.165) is 36.4 Å². The predicted molar refractivity (Wildman–Crippen MR) is 94.7 cm³/mol. The molecule has 30 heavy (non-hydrogen) atoms. The first-order chi connectivity index (χ1) is 13.9. The molecule has 0 saturated carbocycles. The molecule has 0 aliphatic rings. The Labute approximate surface area is 167 Å². The number of halogens is 6.